The maximum absolute atomic E-state index is 12.6. The van der Waals surface area contributed by atoms with E-state index in [1.165, 1.54) is 0 Å². The lowest BCUT2D eigenvalue weighted by Crippen LogP contribution is -2.35. The zero-order chi connectivity index (χ0) is 17.5. The fourth-order valence-electron chi connectivity index (χ4n) is 2.49. The smallest absolute Gasteiger partial charge is 0.233 e. The molecule has 0 aliphatic heterocycles. The number of hydrogen-bond donors (Lipinski definition) is 1. The molecule has 2 aromatic carbocycles. The molecule has 0 aromatic heterocycles. The summed E-state index contributed by atoms with van der Waals surface area (Å²) in [5.74, 6) is 0.569. The highest BCUT2D eigenvalue weighted by Crippen LogP contribution is 2.26. The topological polar surface area (TPSA) is 29.1 Å². The van der Waals surface area contributed by atoms with E-state index in [1.54, 1.807) is 11.8 Å². The molecule has 2 aromatic rings. The van der Waals surface area contributed by atoms with Crippen LogP contribution < -0.4 is 5.32 Å². The molecule has 0 spiro atoms. The van der Waals surface area contributed by atoms with Crippen LogP contribution in [0.5, 0.6) is 0 Å². The molecule has 2 atom stereocenters. The second-order valence-corrected chi connectivity index (χ2v) is 8.17. The van der Waals surface area contributed by atoms with Gasteiger partial charge in [-0.25, -0.2) is 0 Å². The van der Waals surface area contributed by atoms with E-state index in [4.69, 9.17) is 11.6 Å². The molecule has 0 fully saturated rings. The van der Waals surface area contributed by atoms with E-state index in [0.717, 1.165) is 16.9 Å². The third-order valence-electron chi connectivity index (χ3n) is 3.72. The number of amides is 1. The van der Waals surface area contributed by atoms with E-state index in [9.17, 15) is 4.79 Å². The van der Waals surface area contributed by atoms with Crippen molar-refractivity contribution in [3.8, 4) is 0 Å². The van der Waals surface area contributed by atoms with Crippen LogP contribution in [-0.2, 0) is 4.79 Å². The quantitative estimate of drug-likeness (QED) is 0.638. The van der Waals surface area contributed by atoms with Gasteiger partial charge in [0.1, 0.15) is 0 Å². The fraction of sp³-hybridized carbons (Fsp3) is 0.350. The van der Waals surface area contributed by atoms with Crippen LogP contribution in [0.25, 0.3) is 0 Å². The number of benzene rings is 2. The van der Waals surface area contributed by atoms with Crippen LogP contribution >= 0.6 is 23.4 Å². The third-order valence-corrected chi connectivity index (χ3v) is 5.09. The normalized spacial score (nSPS) is 13.5. The van der Waals surface area contributed by atoms with Crippen LogP contribution in [0.15, 0.2) is 59.5 Å². The standard InChI is InChI=1S/C20H24ClNOS/c1-14(2)13-19(16-7-5-4-6-8-16)22-20(23)15(3)24-18-11-9-17(21)10-12-18/h4-12,14-15,19H,13H2,1-3H3,(H,22,23)/t15-,19+/m0/s1. The van der Waals surface area contributed by atoms with Crippen LogP contribution in [0.2, 0.25) is 5.02 Å². The first kappa shape index (κ1) is 18.9. The predicted molar refractivity (Wildman–Crippen MR) is 104 cm³/mol. The molecular weight excluding hydrogens is 338 g/mol. The Bertz CT molecular complexity index is 642. The van der Waals surface area contributed by atoms with Crippen molar-refractivity contribution in [3.63, 3.8) is 0 Å². The lowest BCUT2D eigenvalue weighted by atomic mass is 9.97. The number of hydrogen-bond acceptors (Lipinski definition) is 2. The van der Waals surface area contributed by atoms with E-state index < -0.39 is 0 Å². The van der Waals surface area contributed by atoms with Crippen molar-refractivity contribution >= 4 is 29.3 Å². The molecule has 128 valence electrons. The summed E-state index contributed by atoms with van der Waals surface area (Å²) in [7, 11) is 0. The maximum atomic E-state index is 12.6. The zero-order valence-corrected chi connectivity index (χ0v) is 15.9. The van der Waals surface area contributed by atoms with Crippen LogP contribution in [0.3, 0.4) is 0 Å². The monoisotopic (exact) mass is 361 g/mol. The van der Waals surface area contributed by atoms with E-state index in [2.05, 4.69) is 31.3 Å². The second-order valence-electron chi connectivity index (χ2n) is 6.32. The highest BCUT2D eigenvalue weighted by atomic mass is 35.5. The molecule has 24 heavy (non-hydrogen) atoms. The first-order valence-electron chi connectivity index (χ1n) is 8.23. The molecule has 1 amide bonds. The van der Waals surface area contributed by atoms with Crippen molar-refractivity contribution in [2.24, 2.45) is 5.92 Å². The molecule has 2 nitrogen and oxygen atoms in total. The Kier molecular flexibility index (Phi) is 7.19. The Morgan fingerprint density at radius 1 is 1.04 bits per heavy atom. The minimum Gasteiger partial charge on any atom is -0.348 e. The summed E-state index contributed by atoms with van der Waals surface area (Å²) in [5.41, 5.74) is 1.16. The molecule has 0 aliphatic rings. The van der Waals surface area contributed by atoms with Gasteiger partial charge in [0.25, 0.3) is 0 Å². The molecular formula is C20H24ClNOS. The summed E-state index contributed by atoms with van der Waals surface area (Å²) in [6.07, 6.45) is 0.925. The fourth-order valence-corrected chi connectivity index (χ4v) is 3.50. The number of carbonyl (C=O) groups excluding carboxylic acids is 1. The Balaban J connectivity index is 2.02. The predicted octanol–water partition coefficient (Wildman–Crippen LogP) is 5.72. The van der Waals surface area contributed by atoms with Gasteiger partial charge in [0.05, 0.1) is 11.3 Å². The summed E-state index contributed by atoms with van der Waals surface area (Å²) in [6, 6.07) is 17.8. The lowest BCUT2D eigenvalue weighted by Gasteiger charge is -2.23. The van der Waals surface area contributed by atoms with Gasteiger partial charge in [-0.3, -0.25) is 4.79 Å². The first-order chi connectivity index (χ1) is 11.5. The van der Waals surface area contributed by atoms with Gasteiger partial charge in [0, 0.05) is 9.92 Å². The molecule has 0 saturated heterocycles. The minimum atomic E-state index is -0.162. The first-order valence-corrected chi connectivity index (χ1v) is 9.49. The molecule has 0 aliphatic carbocycles. The molecule has 0 heterocycles. The molecule has 1 N–H and O–H groups in total. The van der Waals surface area contributed by atoms with Crippen LogP contribution in [-0.4, -0.2) is 11.2 Å². The average Bonchev–Trinajstić information content (AvgIpc) is 2.56. The van der Waals surface area contributed by atoms with E-state index in [-0.39, 0.29) is 17.2 Å². The van der Waals surface area contributed by atoms with Crippen molar-refractivity contribution in [1.29, 1.82) is 0 Å². The Morgan fingerprint density at radius 3 is 2.25 bits per heavy atom. The highest BCUT2D eigenvalue weighted by molar-refractivity contribution is 8.00. The molecule has 0 bridgehead atoms. The van der Waals surface area contributed by atoms with Gasteiger partial charge in [0.15, 0.2) is 0 Å². The number of carbonyl (C=O) groups is 1. The van der Waals surface area contributed by atoms with E-state index >= 15 is 0 Å². The molecule has 0 saturated carbocycles. The third kappa shape index (κ3) is 5.88. The van der Waals surface area contributed by atoms with Gasteiger partial charge in [-0.1, -0.05) is 55.8 Å². The van der Waals surface area contributed by atoms with Crippen molar-refractivity contribution in [2.75, 3.05) is 0 Å². The Labute approximate surface area is 154 Å². The molecule has 0 unspecified atom stereocenters. The minimum absolute atomic E-state index is 0.0481. The highest BCUT2D eigenvalue weighted by Gasteiger charge is 2.20. The summed E-state index contributed by atoms with van der Waals surface area (Å²) < 4.78 is 0. The molecule has 4 heteroatoms. The second kappa shape index (κ2) is 9.14. The van der Waals surface area contributed by atoms with Gasteiger partial charge in [0.2, 0.25) is 5.91 Å². The lowest BCUT2D eigenvalue weighted by molar-refractivity contribution is -0.121. The van der Waals surface area contributed by atoms with Gasteiger partial charge in [-0.2, -0.15) is 0 Å². The number of rotatable bonds is 7. The SMILES string of the molecule is CC(C)C[C@@H](NC(=O)[C@H](C)Sc1ccc(Cl)cc1)c1ccccc1. The Morgan fingerprint density at radius 2 is 1.67 bits per heavy atom. The molecule has 0 radical (unpaired) electrons. The summed E-state index contributed by atoms with van der Waals surface area (Å²) in [6.45, 7) is 6.29. The Hall–Kier alpha value is -1.45. The largest absolute Gasteiger partial charge is 0.348 e. The maximum Gasteiger partial charge on any atom is 0.233 e. The summed E-state index contributed by atoms with van der Waals surface area (Å²) in [4.78, 5) is 13.7. The molecule has 2 rings (SSSR count). The van der Waals surface area contributed by atoms with Crippen molar-refractivity contribution < 1.29 is 4.79 Å². The van der Waals surface area contributed by atoms with Gasteiger partial charge >= 0.3 is 0 Å². The van der Waals surface area contributed by atoms with Crippen LogP contribution in [0, 0.1) is 5.92 Å². The number of thioether (sulfide) groups is 1. The average molecular weight is 362 g/mol. The van der Waals surface area contributed by atoms with Crippen LogP contribution in [0.4, 0.5) is 0 Å². The van der Waals surface area contributed by atoms with Crippen LogP contribution in [0.1, 0.15) is 38.8 Å². The van der Waals surface area contributed by atoms with Gasteiger partial charge in [-0.15, -0.1) is 11.8 Å². The van der Waals surface area contributed by atoms with Gasteiger partial charge < -0.3 is 5.32 Å². The van der Waals surface area contributed by atoms with E-state index in [1.807, 2.05) is 49.4 Å². The van der Waals surface area contributed by atoms with E-state index in [0.29, 0.717) is 10.9 Å². The summed E-state index contributed by atoms with van der Waals surface area (Å²) >= 11 is 7.45. The van der Waals surface area contributed by atoms with Crippen molar-refractivity contribution in [3.05, 3.63) is 65.2 Å². The van der Waals surface area contributed by atoms with Crippen molar-refractivity contribution in [2.45, 2.75) is 43.4 Å². The zero-order valence-electron chi connectivity index (χ0n) is 14.3. The van der Waals surface area contributed by atoms with Crippen molar-refractivity contribution in [1.82, 2.24) is 5.32 Å². The van der Waals surface area contributed by atoms with Gasteiger partial charge in [-0.05, 0) is 49.1 Å². The number of halogens is 1. The number of nitrogens with one attached hydrogen (secondary N) is 1. The summed E-state index contributed by atoms with van der Waals surface area (Å²) in [5, 5.41) is 3.75.